The topological polar surface area (TPSA) is 96.9 Å². The van der Waals surface area contributed by atoms with Crippen LogP contribution in [-0.4, -0.2) is 32.3 Å². The highest BCUT2D eigenvalue weighted by atomic mass is 16.5. The highest BCUT2D eigenvalue weighted by Gasteiger charge is 2.32. The zero-order valence-corrected chi connectivity index (χ0v) is 23.2. The molecule has 0 atom stereocenters. The van der Waals surface area contributed by atoms with Gasteiger partial charge in [-0.15, -0.1) is 10.2 Å². The maximum atomic E-state index is 13.7. The monoisotopic (exact) mass is 544 g/mol. The van der Waals surface area contributed by atoms with E-state index in [1.165, 1.54) is 25.7 Å². The van der Waals surface area contributed by atoms with E-state index in [0.29, 0.717) is 42.2 Å². The molecule has 2 aromatic carbocycles. The van der Waals surface area contributed by atoms with Gasteiger partial charge in [-0.05, 0) is 84.2 Å². The van der Waals surface area contributed by atoms with Crippen LogP contribution in [0.5, 0.6) is 0 Å². The summed E-state index contributed by atoms with van der Waals surface area (Å²) in [5, 5.41) is 18.0. The number of carbonyl (C=O) groups is 1. The van der Waals surface area contributed by atoms with Crippen LogP contribution in [0.2, 0.25) is 0 Å². The van der Waals surface area contributed by atoms with Gasteiger partial charge in [0.25, 0.3) is 5.91 Å². The maximum Gasteiger partial charge on any atom is 0.260 e. The molecule has 0 saturated heterocycles. The van der Waals surface area contributed by atoms with Crippen molar-refractivity contribution in [3.8, 4) is 28.6 Å². The molecule has 8 nitrogen and oxygen atoms in total. The average Bonchev–Trinajstić information content (AvgIpc) is 3.39. The summed E-state index contributed by atoms with van der Waals surface area (Å²) >= 11 is 0. The lowest BCUT2D eigenvalue weighted by Crippen LogP contribution is -2.24. The molecule has 41 heavy (non-hydrogen) atoms. The number of rotatable bonds is 8. The minimum atomic E-state index is -0.0302. The Morgan fingerprint density at radius 3 is 2.61 bits per heavy atom. The molecule has 0 bridgehead atoms. The lowest BCUT2D eigenvalue weighted by atomic mass is 9.96. The molecule has 2 aliphatic carbocycles. The fourth-order valence-corrected chi connectivity index (χ4v) is 6.14. The first-order valence-corrected chi connectivity index (χ1v) is 14.5. The predicted octanol–water partition coefficient (Wildman–Crippen LogP) is 6.16. The first kappa shape index (κ1) is 25.6. The molecule has 3 heterocycles. The molecule has 1 amide bonds. The Hall–Kier alpha value is -4.35. The van der Waals surface area contributed by atoms with Crippen molar-refractivity contribution in [2.75, 3.05) is 11.5 Å². The van der Waals surface area contributed by atoms with Crippen molar-refractivity contribution in [2.45, 2.75) is 57.6 Å². The van der Waals surface area contributed by atoms with Gasteiger partial charge >= 0.3 is 0 Å². The zero-order chi connectivity index (χ0) is 27.9. The Bertz CT molecular complexity index is 1680. The van der Waals surface area contributed by atoms with Crippen molar-refractivity contribution < 1.29 is 9.53 Å². The second-order valence-corrected chi connectivity index (χ2v) is 11.6. The zero-order valence-electron chi connectivity index (χ0n) is 23.2. The van der Waals surface area contributed by atoms with Crippen molar-refractivity contribution in [1.82, 2.24) is 19.7 Å². The number of hydrogen-bond acceptors (Lipinski definition) is 6. The Morgan fingerprint density at radius 1 is 1.00 bits per heavy atom. The van der Waals surface area contributed by atoms with Crippen LogP contribution >= 0.6 is 0 Å². The molecule has 2 aromatic heterocycles. The van der Waals surface area contributed by atoms with Crippen molar-refractivity contribution in [1.29, 1.82) is 5.26 Å². The molecule has 4 aromatic rings. The van der Waals surface area contributed by atoms with Crippen LogP contribution in [0.1, 0.15) is 77.2 Å². The van der Waals surface area contributed by atoms with Crippen LogP contribution in [0.3, 0.4) is 0 Å². The van der Waals surface area contributed by atoms with Crippen molar-refractivity contribution in [3.63, 3.8) is 0 Å². The SMILES string of the molecule is Cn1cnnc1-c1cc(C#N)ccc1-c1cc(C2CC2)nc(N2Cc3ccc(COCC4CCCC4)cc3C2=O)c1. The van der Waals surface area contributed by atoms with E-state index in [9.17, 15) is 10.1 Å². The number of aromatic nitrogens is 4. The highest BCUT2D eigenvalue weighted by Crippen LogP contribution is 2.43. The van der Waals surface area contributed by atoms with Gasteiger partial charge < -0.3 is 9.30 Å². The van der Waals surface area contributed by atoms with Crippen LogP contribution in [0.4, 0.5) is 5.82 Å². The van der Waals surface area contributed by atoms with E-state index in [0.717, 1.165) is 58.5 Å². The Labute approximate surface area is 239 Å². The number of nitriles is 1. The minimum Gasteiger partial charge on any atom is -0.376 e. The predicted molar refractivity (Wildman–Crippen MR) is 155 cm³/mol. The van der Waals surface area contributed by atoms with Crippen LogP contribution < -0.4 is 4.90 Å². The molecular formula is C33H32N6O2. The van der Waals surface area contributed by atoms with Gasteiger partial charge in [-0.1, -0.05) is 31.0 Å². The third kappa shape index (κ3) is 5.02. The van der Waals surface area contributed by atoms with Crippen LogP contribution in [0, 0.1) is 17.2 Å². The van der Waals surface area contributed by atoms with Gasteiger partial charge in [-0.3, -0.25) is 9.69 Å². The summed E-state index contributed by atoms with van der Waals surface area (Å²) in [7, 11) is 1.89. The molecular weight excluding hydrogens is 512 g/mol. The summed E-state index contributed by atoms with van der Waals surface area (Å²) in [4.78, 5) is 20.5. The summed E-state index contributed by atoms with van der Waals surface area (Å²) in [5.41, 5.74) is 7.01. The highest BCUT2D eigenvalue weighted by molar-refractivity contribution is 6.10. The smallest absolute Gasteiger partial charge is 0.260 e. The Kier molecular flexibility index (Phi) is 6.60. The van der Waals surface area contributed by atoms with Gasteiger partial charge in [0.15, 0.2) is 5.82 Å². The van der Waals surface area contributed by atoms with Crippen LogP contribution in [0.25, 0.3) is 22.5 Å². The van der Waals surface area contributed by atoms with Gasteiger partial charge in [0.1, 0.15) is 12.1 Å². The van der Waals surface area contributed by atoms with E-state index in [-0.39, 0.29) is 5.91 Å². The molecule has 3 aliphatic rings. The first-order valence-electron chi connectivity index (χ1n) is 14.5. The Balaban J connectivity index is 1.20. The third-order valence-electron chi connectivity index (χ3n) is 8.59. The number of nitrogens with zero attached hydrogens (tertiary/aromatic N) is 6. The quantitative estimate of drug-likeness (QED) is 0.264. The molecule has 206 valence electrons. The van der Waals surface area contributed by atoms with E-state index in [2.05, 4.69) is 34.5 Å². The fraction of sp³-hybridized carbons (Fsp3) is 0.364. The molecule has 2 saturated carbocycles. The molecule has 2 fully saturated rings. The summed E-state index contributed by atoms with van der Waals surface area (Å²) in [5.74, 6) is 2.37. The van der Waals surface area contributed by atoms with Crippen molar-refractivity contribution >= 4 is 11.7 Å². The van der Waals surface area contributed by atoms with E-state index in [1.54, 1.807) is 11.2 Å². The number of anilines is 1. The Morgan fingerprint density at radius 2 is 1.85 bits per heavy atom. The van der Waals surface area contributed by atoms with Crippen molar-refractivity contribution in [3.05, 3.63) is 82.8 Å². The fourth-order valence-electron chi connectivity index (χ4n) is 6.14. The van der Waals surface area contributed by atoms with Crippen molar-refractivity contribution in [2.24, 2.45) is 13.0 Å². The number of pyridine rings is 1. The molecule has 0 radical (unpaired) electrons. The number of aryl methyl sites for hydroxylation is 1. The molecule has 0 N–H and O–H groups in total. The van der Waals surface area contributed by atoms with E-state index < -0.39 is 0 Å². The number of fused-ring (bicyclic) bond motifs is 1. The molecule has 7 rings (SSSR count). The number of ether oxygens (including phenoxy) is 1. The average molecular weight is 545 g/mol. The van der Waals surface area contributed by atoms with Gasteiger partial charge in [-0.2, -0.15) is 5.26 Å². The number of amides is 1. The lowest BCUT2D eigenvalue weighted by Gasteiger charge is -2.18. The second kappa shape index (κ2) is 10.6. The third-order valence-corrected chi connectivity index (χ3v) is 8.59. The summed E-state index contributed by atoms with van der Waals surface area (Å²) in [6.45, 7) is 1.81. The lowest BCUT2D eigenvalue weighted by molar-refractivity contribution is 0.0887. The molecule has 0 unspecified atom stereocenters. The van der Waals surface area contributed by atoms with Gasteiger partial charge in [0.2, 0.25) is 0 Å². The summed E-state index contributed by atoms with van der Waals surface area (Å²) < 4.78 is 7.87. The summed E-state index contributed by atoms with van der Waals surface area (Å²) in [6, 6.07) is 18.1. The number of hydrogen-bond donors (Lipinski definition) is 0. The molecule has 0 spiro atoms. The van der Waals surface area contributed by atoms with Crippen LogP contribution in [0.15, 0.2) is 54.9 Å². The number of benzene rings is 2. The molecule has 8 heteroatoms. The van der Waals surface area contributed by atoms with Crippen LogP contribution in [-0.2, 0) is 24.9 Å². The second-order valence-electron chi connectivity index (χ2n) is 11.6. The number of carbonyl (C=O) groups excluding carboxylic acids is 1. The maximum absolute atomic E-state index is 13.7. The van der Waals surface area contributed by atoms with Gasteiger partial charge in [0.05, 0.1) is 24.8 Å². The molecule has 1 aliphatic heterocycles. The van der Waals surface area contributed by atoms with Gasteiger partial charge in [-0.25, -0.2) is 4.98 Å². The standard InChI is InChI=1S/C33H32N6O2/c1-38-20-35-37-32(38)29-12-22(16-34)7-11-27(29)26-14-30(24-9-10-24)36-31(15-26)39-17-25-8-6-23(13-28(25)33(39)40)19-41-18-21-4-2-3-5-21/h6-8,11-15,20-21,24H,2-5,9-10,17-19H2,1H3. The largest absolute Gasteiger partial charge is 0.376 e. The normalized spacial score (nSPS) is 16.8. The minimum absolute atomic E-state index is 0.0302. The first-order chi connectivity index (χ1) is 20.1. The van der Waals surface area contributed by atoms with Gasteiger partial charge in [0, 0.05) is 36.4 Å². The summed E-state index contributed by atoms with van der Waals surface area (Å²) in [6.07, 6.45) is 8.98. The van der Waals surface area contributed by atoms with E-state index in [4.69, 9.17) is 9.72 Å². The van der Waals surface area contributed by atoms with E-state index in [1.807, 2.05) is 41.9 Å². The van der Waals surface area contributed by atoms with E-state index >= 15 is 0 Å².